The van der Waals surface area contributed by atoms with Crippen molar-refractivity contribution in [3.05, 3.63) is 0 Å². The maximum absolute atomic E-state index is 2.41. The summed E-state index contributed by atoms with van der Waals surface area (Å²) in [5.74, 6) is 0.913. The summed E-state index contributed by atoms with van der Waals surface area (Å²) in [6, 6.07) is 0. The Balaban J connectivity index is 4.51. The Hall–Kier alpha value is 0.558. The molecule has 0 nitrogen and oxygen atoms in total. The second-order valence-corrected chi connectivity index (χ2v) is 15.9. The van der Waals surface area contributed by atoms with Gasteiger partial charge in [0.15, 0.2) is 0 Å². The first kappa shape index (κ1) is 18.6. The Bertz CT molecular complexity index is 153. The molecule has 0 N–H and O–H groups in total. The SMILES string of the molecule is CCCC[As+](CCCC)(CCCC)CCC(C)C. The first-order valence-corrected chi connectivity index (χ1v) is 13.8. The quantitative estimate of drug-likeness (QED) is 0.344. The zero-order chi connectivity index (χ0) is 13.9. The van der Waals surface area contributed by atoms with Crippen LogP contribution in [0.15, 0.2) is 0 Å². The van der Waals surface area contributed by atoms with Crippen LogP contribution in [0.3, 0.4) is 0 Å². The molecular weight excluding hydrogens is 279 g/mol. The van der Waals surface area contributed by atoms with Crippen molar-refractivity contribution >= 4 is 13.6 Å². The van der Waals surface area contributed by atoms with E-state index in [0.29, 0.717) is 0 Å². The van der Waals surface area contributed by atoms with Gasteiger partial charge in [-0.2, -0.15) is 0 Å². The summed E-state index contributed by atoms with van der Waals surface area (Å²) in [5, 5.41) is 6.61. The van der Waals surface area contributed by atoms with E-state index >= 15 is 0 Å². The van der Waals surface area contributed by atoms with Crippen LogP contribution in [0.25, 0.3) is 0 Å². The summed E-state index contributed by atoms with van der Waals surface area (Å²) in [5.41, 5.74) is 0. The summed E-state index contributed by atoms with van der Waals surface area (Å²) in [4.78, 5) is 0. The molecule has 0 aliphatic rings. The minimum absolute atomic E-state index is 0.913. The van der Waals surface area contributed by atoms with Gasteiger partial charge in [0.1, 0.15) is 0 Å². The van der Waals surface area contributed by atoms with Crippen molar-refractivity contribution in [2.45, 2.75) is 100 Å². The summed E-state index contributed by atoms with van der Waals surface area (Å²) in [6.07, 6.45) is 10.3. The average Bonchev–Trinajstić information content (AvgIpc) is 2.37. The molecule has 0 bridgehead atoms. The molecule has 0 radical (unpaired) electrons. The Morgan fingerprint density at radius 1 is 0.667 bits per heavy atom. The predicted molar refractivity (Wildman–Crippen MR) is 89.2 cm³/mol. The Labute approximate surface area is 120 Å². The third-order valence-corrected chi connectivity index (χ3v) is 14.6. The van der Waals surface area contributed by atoms with Crippen LogP contribution in [-0.2, 0) is 0 Å². The van der Waals surface area contributed by atoms with E-state index in [1.807, 2.05) is 0 Å². The van der Waals surface area contributed by atoms with E-state index in [1.54, 1.807) is 20.8 Å². The van der Waals surface area contributed by atoms with Crippen molar-refractivity contribution < 1.29 is 0 Å². The third kappa shape index (κ3) is 8.62. The molecule has 0 saturated heterocycles. The van der Waals surface area contributed by atoms with Gasteiger partial charge in [-0.1, -0.05) is 0 Å². The number of hydrogen-bond donors (Lipinski definition) is 0. The molecule has 0 heterocycles. The van der Waals surface area contributed by atoms with Crippen LogP contribution < -0.4 is 0 Å². The van der Waals surface area contributed by atoms with Gasteiger partial charge < -0.3 is 0 Å². The second-order valence-electron chi connectivity index (χ2n) is 6.48. The number of unbranched alkanes of at least 4 members (excludes halogenated alkanes) is 3. The van der Waals surface area contributed by atoms with E-state index < -0.39 is 13.6 Å². The van der Waals surface area contributed by atoms with Crippen LogP contribution in [0.5, 0.6) is 0 Å². The van der Waals surface area contributed by atoms with E-state index in [-0.39, 0.29) is 0 Å². The van der Waals surface area contributed by atoms with Gasteiger partial charge in [0.2, 0.25) is 0 Å². The average molecular weight is 317 g/mol. The fourth-order valence-corrected chi connectivity index (χ4v) is 13.9. The number of hydrogen-bond acceptors (Lipinski definition) is 0. The summed E-state index contributed by atoms with van der Waals surface area (Å²) in [7, 11) is 0. The molecule has 0 amide bonds. The molecule has 0 aliphatic carbocycles. The van der Waals surface area contributed by atoms with Gasteiger partial charge >= 0.3 is 120 Å². The Morgan fingerprint density at radius 3 is 1.33 bits per heavy atom. The van der Waals surface area contributed by atoms with Crippen molar-refractivity contribution in [2.75, 3.05) is 0 Å². The molecule has 0 aromatic carbocycles. The zero-order valence-corrected chi connectivity index (χ0v) is 15.7. The van der Waals surface area contributed by atoms with Gasteiger partial charge in [-0.15, -0.1) is 0 Å². The standard InChI is InChI=1S/C17H38As/c1-6-9-13-18(14-10-7-2,15-11-8-3)16-12-17(4)5/h17H,6-16H2,1-5H3/q+1. The van der Waals surface area contributed by atoms with Gasteiger partial charge in [-0.25, -0.2) is 0 Å². The van der Waals surface area contributed by atoms with E-state index in [9.17, 15) is 0 Å². The molecule has 110 valence electrons. The van der Waals surface area contributed by atoms with Crippen molar-refractivity contribution in [2.24, 2.45) is 5.92 Å². The molecule has 0 fully saturated rings. The summed E-state index contributed by atoms with van der Waals surface area (Å²) < 4.78 is 0. The van der Waals surface area contributed by atoms with E-state index in [4.69, 9.17) is 0 Å². The van der Waals surface area contributed by atoms with Gasteiger partial charge in [-0.05, 0) is 0 Å². The normalized spacial score (nSPS) is 12.3. The molecule has 0 unspecified atom stereocenters. The topological polar surface area (TPSA) is 0 Å². The van der Waals surface area contributed by atoms with E-state index in [0.717, 1.165) is 5.92 Å². The predicted octanol–water partition coefficient (Wildman–Crippen LogP) is 6.88. The molecule has 0 aromatic rings. The van der Waals surface area contributed by atoms with Crippen LogP contribution in [0.1, 0.15) is 79.6 Å². The van der Waals surface area contributed by atoms with Crippen molar-refractivity contribution in [3.63, 3.8) is 0 Å². The van der Waals surface area contributed by atoms with Crippen LogP contribution in [0.2, 0.25) is 20.8 Å². The van der Waals surface area contributed by atoms with Crippen LogP contribution in [0, 0.1) is 5.92 Å². The van der Waals surface area contributed by atoms with Gasteiger partial charge in [0.05, 0.1) is 0 Å². The first-order valence-electron chi connectivity index (χ1n) is 8.45. The molecular formula is C17H38As+. The molecule has 0 aromatic heterocycles. The fourth-order valence-electron chi connectivity index (χ4n) is 2.68. The monoisotopic (exact) mass is 317 g/mol. The molecule has 0 atom stereocenters. The van der Waals surface area contributed by atoms with E-state index in [1.165, 1.54) is 44.9 Å². The summed E-state index contributed by atoms with van der Waals surface area (Å²) in [6.45, 7) is 11.9. The fraction of sp³-hybridized carbons (Fsp3) is 1.00. The molecule has 0 saturated carbocycles. The zero-order valence-electron chi connectivity index (χ0n) is 13.8. The van der Waals surface area contributed by atoms with Crippen molar-refractivity contribution in [1.29, 1.82) is 0 Å². The molecule has 18 heavy (non-hydrogen) atoms. The molecule has 0 aliphatic heterocycles. The molecule has 0 rings (SSSR count). The Morgan fingerprint density at radius 2 is 1.06 bits per heavy atom. The Kier molecular flexibility index (Phi) is 11.7. The summed E-state index contributed by atoms with van der Waals surface area (Å²) >= 11 is -1.30. The second kappa shape index (κ2) is 11.4. The van der Waals surface area contributed by atoms with Crippen LogP contribution >= 0.6 is 0 Å². The van der Waals surface area contributed by atoms with E-state index in [2.05, 4.69) is 34.6 Å². The minimum atomic E-state index is -1.30. The third-order valence-electron chi connectivity index (χ3n) is 4.14. The molecule has 0 spiro atoms. The van der Waals surface area contributed by atoms with Gasteiger partial charge in [0.25, 0.3) is 0 Å². The van der Waals surface area contributed by atoms with Crippen molar-refractivity contribution in [1.82, 2.24) is 0 Å². The van der Waals surface area contributed by atoms with Crippen LogP contribution in [0.4, 0.5) is 0 Å². The molecule has 1 heteroatoms. The maximum atomic E-state index is 2.41. The van der Waals surface area contributed by atoms with Crippen molar-refractivity contribution in [3.8, 4) is 0 Å². The number of rotatable bonds is 12. The first-order chi connectivity index (χ1) is 8.60. The van der Waals surface area contributed by atoms with Gasteiger partial charge in [0, 0.05) is 0 Å². The van der Waals surface area contributed by atoms with Gasteiger partial charge in [-0.3, -0.25) is 0 Å². The van der Waals surface area contributed by atoms with Crippen LogP contribution in [-0.4, -0.2) is 13.6 Å².